The van der Waals surface area contributed by atoms with Crippen molar-refractivity contribution in [3.8, 4) is 11.5 Å². The maximum Gasteiger partial charge on any atom is 0.257 e. The molecule has 0 bridgehead atoms. The van der Waals surface area contributed by atoms with Crippen LogP contribution in [0.1, 0.15) is 54.4 Å². The second kappa shape index (κ2) is 13.7. The molecule has 0 aliphatic carbocycles. The Balaban J connectivity index is 1.18. The fraction of sp³-hybridized carbons (Fsp3) is 0.562. The van der Waals surface area contributed by atoms with Gasteiger partial charge in [-0.1, -0.05) is 24.3 Å². The van der Waals surface area contributed by atoms with E-state index in [4.69, 9.17) is 9.47 Å². The number of hydrogen-bond donors (Lipinski definition) is 3. The highest BCUT2D eigenvalue weighted by atomic mass is 16.5. The number of piperidine rings is 1. The van der Waals surface area contributed by atoms with E-state index in [1.165, 1.54) is 25.9 Å². The number of carbonyl (C=O) groups excluding carboxylic acids is 2. The van der Waals surface area contributed by atoms with Crippen molar-refractivity contribution in [3.63, 3.8) is 0 Å². The van der Waals surface area contributed by atoms with E-state index in [0.29, 0.717) is 62.6 Å². The Hall–Kier alpha value is -3.14. The molecule has 2 saturated heterocycles. The zero-order valence-corrected chi connectivity index (χ0v) is 23.8. The summed E-state index contributed by atoms with van der Waals surface area (Å²) in [6, 6.07) is 14.6. The number of hydrogen-bond acceptors (Lipinski definition) is 7. The van der Waals surface area contributed by atoms with E-state index in [1.807, 2.05) is 47.4 Å². The first-order valence-electron chi connectivity index (χ1n) is 15.0. The van der Waals surface area contributed by atoms with Crippen LogP contribution in [0, 0.1) is 5.41 Å². The normalized spacial score (nSPS) is 23.6. The van der Waals surface area contributed by atoms with Gasteiger partial charge in [-0.25, -0.2) is 0 Å². The minimum Gasteiger partial charge on any atom is -0.494 e. The molecule has 2 fully saturated rings. The predicted octanol–water partition coefficient (Wildman–Crippen LogP) is 2.64. The van der Waals surface area contributed by atoms with Crippen molar-refractivity contribution in [1.82, 2.24) is 15.1 Å². The number of fused-ring (bicyclic) bond motifs is 1. The third kappa shape index (κ3) is 7.78. The molecule has 0 unspecified atom stereocenters. The molecule has 3 heterocycles. The number of aliphatic hydroxyl groups excluding tert-OH is 2. The van der Waals surface area contributed by atoms with Gasteiger partial charge < -0.3 is 34.8 Å². The summed E-state index contributed by atoms with van der Waals surface area (Å²) < 4.78 is 11.7. The Labute approximate surface area is 242 Å². The van der Waals surface area contributed by atoms with E-state index in [9.17, 15) is 19.8 Å². The van der Waals surface area contributed by atoms with Crippen molar-refractivity contribution in [3.05, 3.63) is 59.7 Å². The Morgan fingerprint density at radius 2 is 1.80 bits per heavy atom. The largest absolute Gasteiger partial charge is 0.494 e. The van der Waals surface area contributed by atoms with Crippen LogP contribution in [0.2, 0.25) is 0 Å². The summed E-state index contributed by atoms with van der Waals surface area (Å²) in [5, 5.41) is 24.8. The molecule has 41 heavy (non-hydrogen) atoms. The Morgan fingerprint density at radius 3 is 2.61 bits per heavy atom. The lowest BCUT2D eigenvalue weighted by atomic mass is 9.73. The summed E-state index contributed by atoms with van der Waals surface area (Å²) in [4.78, 5) is 30.3. The maximum atomic E-state index is 13.4. The molecule has 222 valence electrons. The van der Waals surface area contributed by atoms with E-state index in [2.05, 4.69) is 10.2 Å². The van der Waals surface area contributed by atoms with Gasteiger partial charge >= 0.3 is 0 Å². The lowest BCUT2D eigenvalue weighted by molar-refractivity contribution is -0.124. The SMILES string of the molecule is O=C1COc2ccccc2C[C@H](O)[C@H](O)CC2(CCN(C(=O)c3cccc(OCCCN4CCCC4)c3)CC2)CN1. The summed E-state index contributed by atoms with van der Waals surface area (Å²) in [6.45, 7) is 5.25. The van der Waals surface area contributed by atoms with Gasteiger partial charge in [0.25, 0.3) is 11.8 Å². The van der Waals surface area contributed by atoms with Crippen LogP contribution in [0.15, 0.2) is 48.5 Å². The molecule has 0 saturated carbocycles. The third-order valence-electron chi connectivity index (χ3n) is 8.79. The molecule has 3 aliphatic rings. The first-order valence-corrected chi connectivity index (χ1v) is 15.0. The predicted molar refractivity (Wildman–Crippen MR) is 155 cm³/mol. The van der Waals surface area contributed by atoms with E-state index >= 15 is 0 Å². The van der Waals surface area contributed by atoms with E-state index in [-0.39, 0.29) is 24.8 Å². The summed E-state index contributed by atoms with van der Waals surface area (Å²) in [6.07, 6.45) is 3.36. The van der Waals surface area contributed by atoms with Crippen LogP contribution in [-0.4, -0.2) is 96.5 Å². The van der Waals surface area contributed by atoms with Gasteiger partial charge in [-0.15, -0.1) is 0 Å². The van der Waals surface area contributed by atoms with Crippen molar-refractivity contribution >= 4 is 11.8 Å². The summed E-state index contributed by atoms with van der Waals surface area (Å²) in [7, 11) is 0. The first-order chi connectivity index (χ1) is 19.9. The zero-order chi connectivity index (χ0) is 28.7. The van der Waals surface area contributed by atoms with Gasteiger partial charge in [0.1, 0.15) is 11.5 Å². The summed E-state index contributed by atoms with van der Waals surface area (Å²) >= 11 is 0. The van der Waals surface area contributed by atoms with E-state index < -0.39 is 17.6 Å². The Morgan fingerprint density at radius 1 is 1.02 bits per heavy atom. The molecule has 5 rings (SSSR count). The number of benzene rings is 2. The second-order valence-electron chi connectivity index (χ2n) is 11.8. The monoisotopic (exact) mass is 565 g/mol. The molecule has 3 N–H and O–H groups in total. The lowest BCUT2D eigenvalue weighted by Gasteiger charge is -2.43. The van der Waals surface area contributed by atoms with Gasteiger partial charge in [0.05, 0.1) is 18.8 Å². The number of rotatable bonds is 6. The first kappa shape index (κ1) is 29.4. The smallest absolute Gasteiger partial charge is 0.257 e. The van der Waals surface area contributed by atoms with Crippen LogP contribution in [0.4, 0.5) is 0 Å². The minimum atomic E-state index is -0.971. The molecule has 2 amide bonds. The third-order valence-corrected chi connectivity index (χ3v) is 8.79. The van der Waals surface area contributed by atoms with Crippen LogP contribution >= 0.6 is 0 Å². The van der Waals surface area contributed by atoms with Crippen LogP contribution in [-0.2, 0) is 11.2 Å². The fourth-order valence-electron chi connectivity index (χ4n) is 6.26. The van der Waals surface area contributed by atoms with Crippen LogP contribution in [0.3, 0.4) is 0 Å². The average molecular weight is 566 g/mol. The molecular formula is C32H43N3O6. The van der Waals surface area contributed by atoms with Crippen molar-refractivity contribution in [1.29, 1.82) is 0 Å². The van der Waals surface area contributed by atoms with Gasteiger partial charge in [-0.05, 0) is 86.9 Å². The molecule has 9 nitrogen and oxygen atoms in total. The number of para-hydroxylation sites is 1. The number of likely N-dealkylation sites (tertiary alicyclic amines) is 2. The van der Waals surface area contributed by atoms with Crippen LogP contribution in [0.5, 0.6) is 11.5 Å². The molecule has 0 aromatic heterocycles. The topological polar surface area (TPSA) is 112 Å². The van der Waals surface area contributed by atoms with Crippen LogP contribution < -0.4 is 14.8 Å². The summed E-state index contributed by atoms with van der Waals surface area (Å²) in [5.41, 5.74) is 0.905. The molecule has 9 heteroatoms. The molecule has 1 spiro atoms. The number of carbonyl (C=O) groups is 2. The van der Waals surface area contributed by atoms with Gasteiger partial charge in [0.2, 0.25) is 0 Å². The van der Waals surface area contributed by atoms with E-state index in [0.717, 1.165) is 18.5 Å². The second-order valence-corrected chi connectivity index (χ2v) is 11.8. The Bertz CT molecular complexity index is 1180. The molecule has 0 radical (unpaired) electrons. The number of aliphatic hydroxyl groups is 2. The fourth-order valence-corrected chi connectivity index (χ4v) is 6.26. The maximum absolute atomic E-state index is 13.4. The average Bonchev–Trinajstić information content (AvgIpc) is 3.51. The molecule has 2 aromatic carbocycles. The Kier molecular flexibility index (Phi) is 9.80. The minimum absolute atomic E-state index is 0.0508. The van der Waals surface area contributed by atoms with Crippen LogP contribution in [0.25, 0.3) is 0 Å². The zero-order valence-electron chi connectivity index (χ0n) is 23.8. The molecule has 2 aromatic rings. The summed E-state index contributed by atoms with van der Waals surface area (Å²) in [5.74, 6) is 0.955. The van der Waals surface area contributed by atoms with Gasteiger partial charge in [-0.2, -0.15) is 0 Å². The van der Waals surface area contributed by atoms with E-state index in [1.54, 1.807) is 6.07 Å². The quantitative estimate of drug-likeness (QED) is 0.462. The highest BCUT2D eigenvalue weighted by Gasteiger charge is 2.40. The standard InChI is InChI=1S/C32H43N3O6/c36-27-20-24-7-1-2-10-29(24)41-22-30(38)33-23-32(21-28(27)37)11-16-35(17-12-32)31(39)25-8-5-9-26(19-25)40-18-6-15-34-13-3-4-14-34/h1-2,5,7-10,19,27-28,36-37H,3-4,6,11-18,20-23H2,(H,33,38)/t27-,28+/m0/s1. The molecular weight excluding hydrogens is 522 g/mol. The van der Waals surface area contributed by atoms with Crippen molar-refractivity contribution in [2.75, 3.05) is 52.5 Å². The molecule has 2 atom stereocenters. The van der Waals surface area contributed by atoms with Crippen molar-refractivity contribution < 1.29 is 29.3 Å². The lowest BCUT2D eigenvalue weighted by Crippen LogP contribution is -2.51. The molecule has 3 aliphatic heterocycles. The van der Waals surface area contributed by atoms with Gasteiger partial charge in [0, 0.05) is 38.2 Å². The number of ether oxygens (including phenoxy) is 2. The van der Waals surface area contributed by atoms with Crippen molar-refractivity contribution in [2.24, 2.45) is 5.41 Å². The number of nitrogens with zero attached hydrogens (tertiary/aromatic N) is 2. The highest BCUT2D eigenvalue weighted by Crippen LogP contribution is 2.37. The highest BCUT2D eigenvalue weighted by molar-refractivity contribution is 5.94. The van der Waals surface area contributed by atoms with Gasteiger partial charge in [-0.3, -0.25) is 9.59 Å². The number of amides is 2. The number of nitrogens with one attached hydrogen (secondary N) is 1. The van der Waals surface area contributed by atoms with Crippen molar-refractivity contribution in [2.45, 2.75) is 57.2 Å². The van der Waals surface area contributed by atoms with Gasteiger partial charge in [0.15, 0.2) is 6.61 Å².